The van der Waals surface area contributed by atoms with Crippen LogP contribution >= 0.6 is 43.5 Å². The maximum atomic E-state index is 13.3. The Balaban J connectivity index is 1.74. The van der Waals surface area contributed by atoms with Crippen molar-refractivity contribution in [2.24, 2.45) is 5.10 Å². The first-order valence-corrected chi connectivity index (χ1v) is 12.2. The number of aromatic nitrogens is 2. The van der Waals surface area contributed by atoms with E-state index in [9.17, 15) is 4.79 Å². The van der Waals surface area contributed by atoms with Gasteiger partial charge in [0, 0.05) is 31.0 Å². The molecular weight excluding hydrogens is 570 g/mol. The second-order valence-electron chi connectivity index (χ2n) is 7.71. The first-order valence-electron chi connectivity index (χ1n) is 10.3. The van der Waals surface area contributed by atoms with Crippen LogP contribution in [-0.4, -0.2) is 15.9 Å². The number of rotatable bonds is 6. The van der Waals surface area contributed by atoms with E-state index in [-0.39, 0.29) is 11.5 Å². The van der Waals surface area contributed by atoms with E-state index in [2.05, 4.69) is 41.9 Å². The third-order valence-corrected chi connectivity index (χ3v) is 6.33. The second-order valence-corrected chi connectivity index (χ2v) is 9.95. The van der Waals surface area contributed by atoms with Crippen LogP contribution in [0.25, 0.3) is 10.9 Å². The predicted molar refractivity (Wildman–Crippen MR) is 141 cm³/mol. The fourth-order valence-corrected chi connectivity index (χ4v) is 4.22. The van der Waals surface area contributed by atoms with E-state index < -0.39 is 0 Å². The molecule has 33 heavy (non-hydrogen) atoms. The summed E-state index contributed by atoms with van der Waals surface area (Å²) in [5.74, 6) is 1.21. The molecule has 0 saturated carbocycles. The molecule has 0 atom stereocenters. The van der Waals surface area contributed by atoms with Crippen LogP contribution in [0.2, 0.25) is 5.02 Å². The van der Waals surface area contributed by atoms with Crippen LogP contribution < -0.4 is 10.3 Å². The molecule has 5 nitrogen and oxygen atoms in total. The van der Waals surface area contributed by atoms with E-state index in [0.29, 0.717) is 39.7 Å². The minimum Gasteiger partial charge on any atom is -0.488 e. The largest absolute Gasteiger partial charge is 0.488 e. The van der Waals surface area contributed by atoms with Crippen LogP contribution in [-0.2, 0) is 6.61 Å². The number of hydrogen-bond donors (Lipinski definition) is 0. The van der Waals surface area contributed by atoms with E-state index in [1.807, 2.05) is 68.4 Å². The number of nitrogens with zero attached hydrogens (tertiary/aromatic N) is 3. The zero-order valence-corrected chi connectivity index (χ0v) is 21.9. The minimum atomic E-state index is -0.227. The molecule has 0 radical (unpaired) electrons. The summed E-state index contributed by atoms with van der Waals surface area (Å²) in [5, 5.41) is 5.67. The van der Waals surface area contributed by atoms with Crippen molar-refractivity contribution in [2.45, 2.75) is 26.4 Å². The maximum absolute atomic E-state index is 13.3. The van der Waals surface area contributed by atoms with E-state index in [1.165, 1.54) is 4.68 Å². The van der Waals surface area contributed by atoms with Crippen LogP contribution in [0.4, 0.5) is 0 Å². The molecule has 168 valence electrons. The van der Waals surface area contributed by atoms with Gasteiger partial charge in [-0.05, 0) is 42.5 Å². The Kier molecular flexibility index (Phi) is 7.32. The Labute approximate surface area is 213 Å². The lowest BCUT2D eigenvalue weighted by Gasteiger charge is -2.13. The first kappa shape index (κ1) is 23.7. The lowest BCUT2D eigenvalue weighted by Crippen LogP contribution is -2.23. The fraction of sp³-hybridized carbons (Fsp3) is 0.160. The molecule has 1 heterocycles. The highest BCUT2D eigenvalue weighted by Gasteiger charge is 2.14. The zero-order chi connectivity index (χ0) is 23.5. The van der Waals surface area contributed by atoms with E-state index >= 15 is 0 Å². The average molecular weight is 590 g/mol. The molecule has 0 fully saturated rings. The van der Waals surface area contributed by atoms with Crippen LogP contribution in [0.15, 0.2) is 79.5 Å². The molecular formula is C25H20Br2ClN3O2. The lowest BCUT2D eigenvalue weighted by molar-refractivity contribution is 0.306. The second kappa shape index (κ2) is 10.2. The number of fused-ring (bicyclic) bond motifs is 1. The minimum absolute atomic E-state index is 0.00125. The Morgan fingerprint density at radius 1 is 1.09 bits per heavy atom. The van der Waals surface area contributed by atoms with Crippen LogP contribution in [0, 0.1) is 0 Å². The van der Waals surface area contributed by atoms with Gasteiger partial charge in [0.2, 0.25) is 0 Å². The summed E-state index contributed by atoms with van der Waals surface area (Å²) in [6.07, 6.45) is 1.62. The number of benzene rings is 3. The molecule has 0 aliphatic carbocycles. The monoisotopic (exact) mass is 587 g/mol. The molecule has 4 rings (SSSR count). The summed E-state index contributed by atoms with van der Waals surface area (Å²) in [5.41, 5.74) is 2.01. The Morgan fingerprint density at radius 2 is 1.82 bits per heavy atom. The standard InChI is InChI=1S/C25H20Br2ClN3O2/c1-15(2)24-30-22-9-7-19(27)12-20(22)25(32)31(24)29-13-17-11-18(26)8-10-23(17)33-14-16-5-3-4-6-21(16)28/h3-13,15H,14H2,1-2H3. The number of halogens is 3. The molecule has 0 N–H and O–H groups in total. The highest BCUT2D eigenvalue weighted by atomic mass is 79.9. The SMILES string of the molecule is CC(C)c1nc2ccc(Br)cc2c(=O)n1N=Cc1cc(Br)ccc1OCc1ccccc1Cl. The van der Waals surface area contributed by atoms with Crippen LogP contribution in [0.1, 0.15) is 36.7 Å². The number of ether oxygens (including phenoxy) is 1. The summed E-state index contributed by atoms with van der Waals surface area (Å²) in [7, 11) is 0. The molecule has 1 aromatic heterocycles. The van der Waals surface area contributed by atoms with Gasteiger partial charge in [-0.3, -0.25) is 4.79 Å². The van der Waals surface area contributed by atoms with Gasteiger partial charge in [0.05, 0.1) is 17.1 Å². The van der Waals surface area contributed by atoms with Gasteiger partial charge in [0.25, 0.3) is 5.56 Å². The van der Waals surface area contributed by atoms with Gasteiger partial charge in [-0.25, -0.2) is 4.98 Å². The summed E-state index contributed by atoms with van der Waals surface area (Å²) < 4.78 is 9.07. The number of hydrogen-bond acceptors (Lipinski definition) is 4. The third-order valence-electron chi connectivity index (χ3n) is 4.97. The third kappa shape index (κ3) is 5.37. The van der Waals surface area contributed by atoms with Gasteiger partial charge in [0.15, 0.2) is 0 Å². The van der Waals surface area contributed by atoms with Crippen molar-refractivity contribution in [1.29, 1.82) is 0 Å². The predicted octanol–water partition coefficient (Wildman–Crippen LogP) is 7.16. The molecule has 0 saturated heterocycles. The van der Waals surface area contributed by atoms with Gasteiger partial charge in [0.1, 0.15) is 18.2 Å². The van der Waals surface area contributed by atoms with Crippen LogP contribution in [0.5, 0.6) is 5.75 Å². The van der Waals surface area contributed by atoms with Crippen molar-refractivity contribution in [3.63, 3.8) is 0 Å². The molecule has 0 bridgehead atoms. The zero-order valence-electron chi connectivity index (χ0n) is 17.9. The van der Waals surface area contributed by atoms with Gasteiger partial charge in [-0.15, -0.1) is 0 Å². The molecule has 3 aromatic carbocycles. The molecule has 0 aliphatic rings. The fourth-order valence-electron chi connectivity index (χ4n) is 3.29. The van der Waals surface area contributed by atoms with E-state index in [4.69, 9.17) is 16.3 Å². The van der Waals surface area contributed by atoms with Gasteiger partial charge < -0.3 is 4.74 Å². The molecule has 0 aliphatic heterocycles. The van der Waals surface area contributed by atoms with Gasteiger partial charge >= 0.3 is 0 Å². The first-order chi connectivity index (χ1) is 15.8. The van der Waals surface area contributed by atoms with Crippen LogP contribution in [0.3, 0.4) is 0 Å². The van der Waals surface area contributed by atoms with Crippen molar-refractivity contribution in [3.05, 3.63) is 102 Å². The summed E-state index contributed by atoms with van der Waals surface area (Å²) in [6.45, 7) is 4.27. The van der Waals surface area contributed by atoms with Gasteiger partial charge in [-0.1, -0.05) is 75.5 Å². The Hall–Kier alpha value is -2.48. The van der Waals surface area contributed by atoms with E-state index in [0.717, 1.165) is 14.5 Å². The van der Waals surface area contributed by atoms with Crippen molar-refractivity contribution < 1.29 is 4.74 Å². The van der Waals surface area contributed by atoms with Crippen molar-refractivity contribution in [2.75, 3.05) is 0 Å². The van der Waals surface area contributed by atoms with Crippen molar-refractivity contribution >= 4 is 60.6 Å². The van der Waals surface area contributed by atoms with Crippen molar-refractivity contribution in [1.82, 2.24) is 9.66 Å². The molecule has 0 amide bonds. The molecule has 4 aromatic rings. The average Bonchev–Trinajstić information content (AvgIpc) is 2.79. The summed E-state index contributed by atoms with van der Waals surface area (Å²) >= 11 is 13.2. The highest BCUT2D eigenvalue weighted by molar-refractivity contribution is 9.10. The Bertz CT molecular complexity index is 1420. The highest BCUT2D eigenvalue weighted by Crippen LogP contribution is 2.25. The van der Waals surface area contributed by atoms with Crippen molar-refractivity contribution in [3.8, 4) is 5.75 Å². The topological polar surface area (TPSA) is 56.5 Å². The summed E-state index contributed by atoms with van der Waals surface area (Å²) in [6, 6.07) is 18.6. The molecule has 8 heteroatoms. The van der Waals surface area contributed by atoms with Gasteiger partial charge in [-0.2, -0.15) is 9.78 Å². The smallest absolute Gasteiger partial charge is 0.282 e. The molecule has 0 unspecified atom stereocenters. The quantitative estimate of drug-likeness (QED) is 0.224. The maximum Gasteiger partial charge on any atom is 0.282 e. The normalized spacial score (nSPS) is 11.6. The Morgan fingerprint density at radius 3 is 2.58 bits per heavy atom. The summed E-state index contributed by atoms with van der Waals surface area (Å²) in [4.78, 5) is 17.9. The lowest BCUT2D eigenvalue weighted by atomic mass is 10.2. The van der Waals surface area contributed by atoms with E-state index in [1.54, 1.807) is 12.3 Å². The molecule has 0 spiro atoms.